The highest BCUT2D eigenvalue weighted by Crippen LogP contribution is 2.30. The predicted molar refractivity (Wildman–Crippen MR) is 81.6 cm³/mol. The van der Waals surface area contributed by atoms with Crippen LogP contribution in [-0.4, -0.2) is 24.2 Å². The van der Waals surface area contributed by atoms with Crippen LogP contribution < -0.4 is 10.1 Å². The van der Waals surface area contributed by atoms with Crippen LogP contribution in [0, 0.1) is 0 Å². The van der Waals surface area contributed by atoms with Crippen molar-refractivity contribution in [3.63, 3.8) is 0 Å². The Kier molecular flexibility index (Phi) is 6.23. The molecule has 0 unspecified atom stereocenters. The number of nitrogens with one attached hydrogen (secondary N) is 1. The lowest BCUT2D eigenvalue weighted by atomic mass is 10.1. The van der Waals surface area contributed by atoms with E-state index in [-0.39, 0.29) is 23.5 Å². The minimum absolute atomic E-state index is 0.127. The standard InChI is InChI=1S/C14H18N2O4S/c1-8(2)19-11-7-5-6-10(13(17)20-9(3)4)12(11)15-14(18)16-21/h5-9H,1-4H3,(H,15,18). The molecule has 1 rings (SSSR count). The fourth-order valence-corrected chi connectivity index (χ4v) is 1.64. The lowest BCUT2D eigenvalue weighted by molar-refractivity contribution is 0.0378. The monoisotopic (exact) mass is 310 g/mol. The predicted octanol–water partition coefficient (Wildman–Crippen LogP) is 3.30. The molecular weight excluding hydrogens is 292 g/mol. The van der Waals surface area contributed by atoms with Gasteiger partial charge in [0.15, 0.2) is 0 Å². The van der Waals surface area contributed by atoms with Crippen molar-refractivity contribution in [2.75, 3.05) is 5.32 Å². The Labute approximate surface area is 129 Å². The maximum absolute atomic E-state index is 12.1. The fraction of sp³-hybridized carbons (Fsp3) is 0.429. The van der Waals surface area contributed by atoms with E-state index in [4.69, 9.17) is 9.47 Å². The number of para-hydroxylation sites is 1. The summed E-state index contributed by atoms with van der Waals surface area (Å²) in [5.74, 6) is -0.200. The van der Waals surface area contributed by atoms with E-state index in [1.807, 2.05) is 13.8 Å². The first-order chi connectivity index (χ1) is 9.85. The van der Waals surface area contributed by atoms with Crippen LogP contribution in [0.2, 0.25) is 0 Å². The third-order valence-electron chi connectivity index (χ3n) is 2.27. The van der Waals surface area contributed by atoms with Gasteiger partial charge in [-0.25, -0.2) is 9.59 Å². The normalized spacial score (nSPS) is 10.4. The molecule has 1 aromatic rings. The number of urea groups is 1. The Morgan fingerprint density at radius 2 is 1.86 bits per heavy atom. The molecule has 0 saturated carbocycles. The van der Waals surface area contributed by atoms with E-state index in [2.05, 4.69) is 22.1 Å². The van der Waals surface area contributed by atoms with Crippen LogP contribution in [-0.2, 0) is 17.2 Å². The van der Waals surface area contributed by atoms with E-state index in [1.54, 1.807) is 26.0 Å². The Balaban J connectivity index is 3.24. The molecule has 21 heavy (non-hydrogen) atoms. The largest absolute Gasteiger partial charge is 0.489 e. The highest BCUT2D eigenvalue weighted by molar-refractivity contribution is 7.47. The molecule has 7 heteroatoms. The molecular formula is C14H18N2O4S. The zero-order valence-corrected chi connectivity index (χ0v) is 13.2. The number of ether oxygens (including phenoxy) is 2. The summed E-state index contributed by atoms with van der Waals surface area (Å²) in [6.45, 7) is 7.15. The number of benzene rings is 1. The van der Waals surface area contributed by atoms with Crippen molar-refractivity contribution in [2.45, 2.75) is 39.9 Å². The van der Waals surface area contributed by atoms with Crippen LogP contribution in [0.3, 0.4) is 0 Å². The van der Waals surface area contributed by atoms with E-state index in [0.717, 1.165) is 0 Å². The van der Waals surface area contributed by atoms with E-state index in [9.17, 15) is 9.59 Å². The summed E-state index contributed by atoms with van der Waals surface area (Å²) in [6.07, 6.45) is -0.406. The Bertz CT molecular complexity index is 544. The molecule has 1 aromatic carbocycles. The Hall–Kier alpha value is -2.02. The van der Waals surface area contributed by atoms with E-state index >= 15 is 0 Å². The summed E-state index contributed by atoms with van der Waals surface area (Å²) in [5.41, 5.74) is 0.393. The van der Waals surface area contributed by atoms with Crippen LogP contribution in [0.25, 0.3) is 0 Å². The molecule has 0 saturated heterocycles. The lowest BCUT2D eigenvalue weighted by Crippen LogP contribution is -2.17. The van der Waals surface area contributed by atoms with Gasteiger partial charge in [-0.2, -0.15) is 0 Å². The molecule has 0 aromatic heterocycles. The molecule has 0 heterocycles. The van der Waals surface area contributed by atoms with Gasteiger partial charge in [0, 0.05) is 12.4 Å². The number of anilines is 1. The molecule has 0 aliphatic heterocycles. The number of esters is 1. The van der Waals surface area contributed by atoms with Gasteiger partial charge in [-0.15, -0.1) is 4.36 Å². The summed E-state index contributed by atoms with van der Waals surface area (Å²) < 4.78 is 13.8. The van der Waals surface area contributed by atoms with Crippen molar-refractivity contribution < 1.29 is 19.1 Å². The van der Waals surface area contributed by atoms with Crippen molar-refractivity contribution in [3.05, 3.63) is 23.8 Å². The molecule has 2 amide bonds. The average Bonchev–Trinajstić information content (AvgIpc) is 2.38. The van der Waals surface area contributed by atoms with Gasteiger partial charge in [-0.3, -0.25) is 0 Å². The molecule has 114 valence electrons. The molecule has 0 aliphatic carbocycles. The highest BCUT2D eigenvalue weighted by Gasteiger charge is 2.20. The van der Waals surface area contributed by atoms with Crippen LogP contribution in [0.15, 0.2) is 22.6 Å². The molecule has 0 aliphatic rings. The van der Waals surface area contributed by atoms with E-state index < -0.39 is 12.0 Å². The Morgan fingerprint density at radius 1 is 1.19 bits per heavy atom. The minimum Gasteiger partial charge on any atom is -0.489 e. The first kappa shape index (κ1) is 17.0. The SMILES string of the molecule is CC(C)OC(=O)c1cccc(OC(C)C)c1NC(=O)N=S. The van der Waals surface area contributed by atoms with Gasteiger partial charge in [0.25, 0.3) is 0 Å². The second-order valence-corrected chi connectivity index (χ2v) is 5.00. The topological polar surface area (TPSA) is 77.0 Å². The second-order valence-electron chi connectivity index (χ2n) is 4.82. The number of hydrogen-bond acceptors (Lipinski definition) is 5. The molecule has 0 bridgehead atoms. The summed E-state index contributed by atoms with van der Waals surface area (Å²) in [4.78, 5) is 23.5. The average molecular weight is 310 g/mol. The summed E-state index contributed by atoms with van der Waals surface area (Å²) >= 11 is 4.34. The number of hydrogen-bond donors (Lipinski definition) is 1. The smallest absolute Gasteiger partial charge is 0.356 e. The van der Waals surface area contributed by atoms with Crippen LogP contribution in [0.1, 0.15) is 38.1 Å². The van der Waals surface area contributed by atoms with Gasteiger partial charge in [0.1, 0.15) is 5.75 Å². The van der Waals surface area contributed by atoms with Gasteiger partial charge in [-0.1, -0.05) is 6.07 Å². The maximum atomic E-state index is 12.1. The summed E-state index contributed by atoms with van der Waals surface area (Å²) in [5, 5.41) is 2.45. The van der Waals surface area contributed by atoms with Gasteiger partial charge < -0.3 is 14.8 Å². The molecule has 1 N–H and O–H groups in total. The second kappa shape index (κ2) is 7.68. The molecule has 0 spiro atoms. The zero-order valence-electron chi connectivity index (χ0n) is 12.4. The number of rotatable bonds is 5. The molecule has 6 nitrogen and oxygen atoms in total. The molecule has 0 radical (unpaired) electrons. The van der Waals surface area contributed by atoms with Gasteiger partial charge in [0.2, 0.25) is 0 Å². The van der Waals surface area contributed by atoms with Crippen LogP contribution >= 0.6 is 0 Å². The first-order valence-corrected chi connectivity index (χ1v) is 6.86. The summed E-state index contributed by atoms with van der Waals surface area (Å²) in [6, 6.07) is 4.08. The van der Waals surface area contributed by atoms with Crippen molar-refractivity contribution in [2.24, 2.45) is 4.36 Å². The van der Waals surface area contributed by atoms with Crippen molar-refractivity contribution in [1.82, 2.24) is 0 Å². The van der Waals surface area contributed by atoms with Crippen molar-refractivity contribution >= 4 is 30.1 Å². The van der Waals surface area contributed by atoms with E-state index in [1.165, 1.54) is 6.07 Å². The number of carbonyl (C=O) groups excluding carboxylic acids is 2. The van der Waals surface area contributed by atoms with Crippen LogP contribution in [0.4, 0.5) is 10.5 Å². The van der Waals surface area contributed by atoms with Gasteiger partial charge in [-0.05, 0) is 39.8 Å². The third kappa shape index (κ3) is 5.11. The highest BCUT2D eigenvalue weighted by atomic mass is 32.1. The van der Waals surface area contributed by atoms with Crippen molar-refractivity contribution in [1.29, 1.82) is 0 Å². The maximum Gasteiger partial charge on any atom is 0.356 e. The number of amides is 2. The quantitative estimate of drug-likeness (QED) is 0.844. The number of carbonyl (C=O) groups is 2. The zero-order chi connectivity index (χ0) is 16.0. The summed E-state index contributed by atoms with van der Waals surface area (Å²) in [7, 11) is 0. The fourth-order valence-electron chi connectivity index (χ4n) is 1.59. The van der Waals surface area contributed by atoms with Crippen LogP contribution in [0.5, 0.6) is 5.75 Å². The molecule has 0 atom stereocenters. The Morgan fingerprint density at radius 3 is 2.38 bits per heavy atom. The first-order valence-electron chi connectivity index (χ1n) is 6.50. The third-order valence-corrected chi connectivity index (χ3v) is 2.43. The lowest BCUT2D eigenvalue weighted by Gasteiger charge is -2.17. The van der Waals surface area contributed by atoms with Gasteiger partial charge >= 0.3 is 12.0 Å². The van der Waals surface area contributed by atoms with E-state index in [0.29, 0.717) is 5.75 Å². The van der Waals surface area contributed by atoms with Crippen molar-refractivity contribution in [3.8, 4) is 5.75 Å². The van der Waals surface area contributed by atoms with Gasteiger partial charge in [0.05, 0.1) is 23.5 Å². The molecule has 0 fully saturated rings. The number of nitrogens with zero attached hydrogens (tertiary/aromatic N) is 1. The minimum atomic E-state index is -0.747.